The average Bonchev–Trinajstić information content (AvgIpc) is 2.01. The number of halogens is 2. The summed E-state index contributed by atoms with van der Waals surface area (Å²) in [5.74, 6) is 0. The van der Waals surface area contributed by atoms with Gasteiger partial charge in [0.15, 0.2) is 0 Å². The Bertz CT molecular complexity index is 331. The van der Waals surface area contributed by atoms with Crippen LogP contribution in [-0.2, 0) is 0 Å². The monoisotopic (exact) mass is 275 g/mol. The fourth-order valence-electron chi connectivity index (χ4n) is 1.22. The topological polar surface area (TPSA) is 26.0 Å². The summed E-state index contributed by atoms with van der Waals surface area (Å²) in [6.45, 7) is 6.37. The van der Waals surface area contributed by atoms with Gasteiger partial charge in [-0.3, -0.25) is 0 Å². The summed E-state index contributed by atoms with van der Waals surface area (Å²) in [7, 11) is 0. The highest BCUT2D eigenvalue weighted by atomic mass is 79.9. The maximum Gasteiger partial charge on any atom is 0.0417 e. The van der Waals surface area contributed by atoms with Crippen molar-refractivity contribution in [1.82, 2.24) is 0 Å². The molecule has 78 valence electrons. The Kier molecular flexibility index (Phi) is 3.62. The Hall–Kier alpha value is -0.0500. The lowest BCUT2D eigenvalue weighted by molar-refractivity contribution is 0.326. The molecule has 0 saturated carbocycles. The second kappa shape index (κ2) is 4.21. The van der Waals surface area contributed by atoms with E-state index in [-0.39, 0.29) is 11.5 Å². The third kappa shape index (κ3) is 2.72. The first-order valence-corrected chi connectivity index (χ1v) is 5.70. The Balaban J connectivity index is 3.08. The van der Waals surface area contributed by atoms with Crippen LogP contribution in [0.1, 0.15) is 32.4 Å². The van der Waals surface area contributed by atoms with Crippen molar-refractivity contribution >= 4 is 27.5 Å². The largest absolute Gasteiger partial charge is 0.323 e. The second-order valence-electron chi connectivity index (χ2n) is 4.51. The van der Waals surface area contributed by atoms with Gasteiger partial charge >= 0.3 is 0 Å². The molecule has 1 nitrogen and oxygen atoms in total. The summed E-state index contributed by atoms with van der Waals surface area (Å²) in [5.41, 5.74) is 7.30. The first-order valence-electron chi connectivity index (χ1n) is 4.53. The molecular weight excluding hydrogens is 261 g/mol. The lowest BCUT2D eigenvalue weighted by Gasteiger charge is -2.28. The number of nitrogens with two attached hydrogens (primary N) is 1. The fourth-order valence-corrected chi connectivity index (χ4v) is 2.15. The molecule has 1 unspecified atom stereocenters. The Morgan fingerprint density at radius 3 is 2.36 bits per heavy atom. The Morgan fingerprint density at radius 2 is 1.93 bits per heavy atom. The molecule has 1 aromatic carbocycles. The van der Waals surface area contributed by atoms with Crippen LogP contribution in [0.25, 0.3) is 0 Å². The van der Waals surface area contributed by atoms with Crippen LogP contribution in [0.5, 0.6) is 0 Å². The predicted octanol–water partition coefficient (Wildman–Crippen LogP) is 4.15. The third-order valence-corrected chi connectivity index (χ3v) is 3.15. The van der Waals surface area contributed by atoms with Crippen LogP contribution in [-0.4, -0.2) is 0 Å². The summed E-state index contributed by atoms with van der Waals surface area (Å²) in [4.78, 5) is 0. The summed E-state index contributed by atoms with van der Waals surface area (Å²) in [6, 6.07) is 5.73. The first-order chi connectivity index (χ1) is 6.32. The van der Waals surface area contributed by atoms with Gasteiger partial charge < -0.3 is 5.73 Å². The molecule has 0 aliphatic rings. The standard InChI is InChI=1S/C11H15BrClN/c1-11(2,3)10(14)8-5-4-7(13)6-9(8)12/h4-6,10H,14H2,1-3H3. The summed E-state index contributed by atoms with van der Waals surface area (Å²) in [6.07, 6.45) is 0. The lowest BCUT2D eigenvalue weighted by Crippen LogP contribution is -2.26. The maximum absolute atomic E-state index is 6.15. The van der Waals surface area contributed by atoms with Gasteiger partial charge in [-0.1, -0.05) is 54.4 Å². The van der Waals surface area contributed by atoms with Gasteiger partial charge in [0.2, 0.25) is 0 Å². The number of benzene rings is 1. The minimum atomic E-state index is 0.00846. The molecule has 0 fully saturated rings. The van der Waals surface area contributed by atoms with Crippen LogP contribution < -0.4 is 5.73 Å². The quantitative estimate of drug-likeness (QED) is 0.819. The second-order valence-corrected chi connectivity index (χ2v) is 5.80. The number of hydrogen-bond acceptors (Lipinski definition) is 1. The molecule has 0 aliphatic carbocycles. The van der Waals surface area contributed by atoms with E-state index >= 15 is 0 Å². The van der Waals surface area contributed by atoms with Gasteiger partial charge in [-0.2, -0.15) is 0 Å². The van der Waals surface area contributed by atoms with E-state index in [4.69, 9.17) is 17.3 Å². The lowest BCUT2D eigenvalue weighted by atomic mass is 9.83. The first kappa shape index (κ1) is 12.0. The van der Waals surface area contributed by atoms with Crippen LogP contribution in [0.2, 0.25) is 5.02 Å². The van der Waals surface area contributed by atoms with Gasteiger partial charge in [-0.15, -0.1) is 0 Å². The maximum atomic E-state index is 6.15. The van der Waals surface area contributed by atoms with Gasteiger partial charge in [-0.25, -0.2) is 0 Å². The van der Waals surface area contributed by atoms with Crippen molar-refractivity contribution in [2.45, 2.75) is 26.8 Å². The van der Waals surface area contributed by atoms with E-state index in [1.54, 1.807) is 0 Å². The Labute approximate surface area is 98.8 Å². The molecule has 0 aromatic heterocycles. The molecule has 2 N–H and O–H groups in total. The molecule has 1 rings (SSSR count). The zero-order valence-corrected chi connectivity index (χ0v) is 11.0. The normalized spacial score (nSPS) is 14.1. The van der Waals surface area contributed by atoms with Gasteiger partial charge in [-0.05, 0) is 23.1 Å². The molecule has 0 spiro atoms. The van der Waals surface area contributed by atoms with Crippen molar-refractivity contribution in [3.8, 4) is 0 Å². The molecule has 0 radical (unpaired) electrons. The molecule has 0 aliphatic heterocycles. The molecular formula is C11H15BrClN. The van der Waals surface area contributed by atoms with Crippen molar-refractivity contribution in [3.05, 3.63) is 33.3 Å². The van der Waals surface area contributed by atoms with Gasteiger partial charge in [0, 0.05) is 15.5 Å². The summed E-state index contributed by atoms with van der Waals surface area (Å²) in [5, 5.41) is 0.724. The van der Waals surface area contributed by atoms with E-state index in [1.807, 2.05) is 18.2 Å². The van der Waals surface area contributed by atoms with E-state index in [2.05, 4.69) is 36.7 Å². The average molecular weight is 277 g/mol. The molecule has 0 heterocycles. The summed E-state index contributed by atoms with van der Waals surface area (Å²) < 4.78 is 0.979. The van der Waals surface area contributed by atoms with Crippen molar-refractivity contribution in [2.24, 2.45) is 11.1 Å². The highest BCUT2D eigenvalue weighted by molar-refractivity contribution is 9.10. The fraction of sp³-hybridized carbons (Fsp3) is 0.455. The molecule has 0 saturated heterocycles. The van der Waals surface area contributed by atoms with Gasteiger partial charge in [0.25, 0.3) is 0 Å². The van der Waals surface area contributed by atoms with Crippen molar-refractivity contribution in [3.63, 3.8) is 0 Å². The molecule has 1 atom stereocenters. The predicted molar refractivity (Wildman–Crippen MR) is 65.5 cm³/mol. The zero-order valence-electron chi connectivity index (χ0n) is 8.64. The van der Waals surface area contributed by atoms with Crippen LogP contribution in [0.4, 0.5) is 0 Å². The number of rotatable bonds is 1. The van der Waals surface area contributed by atoms with E-state index < -0.39 is 0 Å². The SMILES string of the molecule is CC(C)(C)C(N)c1ccc(Cl)cc1Br. The van der Waals surface area contributed by atoms with Crippen molar-refractivity contribution in [2.75, 3.05) is 0 Å². The number of hydrogen-bond donors (Lipinski definition) is 1. The molecule has 1 aromatic rings. The van der Waals surface area contributed by atoms with Crippen molar-refractivity contribution < 1.29 is 0 Å². The summed E-state index contributed by atoms with van der Waals surface area (Å²) >= 11 is 9.34. The molecule has 0 bridgehead atoms. The van der Waals surface area contributed by atoms with Crippen LogP contribution in [0.15, 0.2) is 22.7 Å². The molecule has 0 amide bonds. The highest BCUT2D eigenvalue weighted by Crippen LogP contribution is 2.35. The van der Waals surface area contributed by atoms with E-state index in [0.29, 0.717) is 0 Å². The van der Waals surface area contributed by atoms with Crippen LogP contribution in [0.3, 0.4) is 0 Å². The third-order valence-electron chi connectivity index (χ3n) is 2.23. The minimum absolute atomic E-state index is 0.00846. The van der Waals surface area contributed by atoms with Gasteiger partial charge in [0.05, 0.1) is 0 Å². The molecule has 3 heteroatoms. The van der Waals surface area contributed by atoms with Crippen LogP contribution in [0, 0.1) is 5.41 Å². The van der Waals surface area contributed by atoms with Crippen LogP contribution >= 0.6 is 27.5 Å². The minimum Gasteiger partial charge on any atom is -0.323 e. The zero-order chi connectivity index (χ0) is 10.9. The van der Waals surface area contributed by atoms with E-state index in [9.17, 15) is 0 Å². The van der Waals surface area contributed by atoms with E-state index in [0.717, 1.165) is 15.1 Å². The van der Waals surface area contributed by atoms with Crippen molar-refractivity contribution in [1.29, 1.82) is 0 Å². The smallest absolute Gasteiger partial charge is 0.0417 e. The van der Waals surface area contributed by atoms with E-state index in [1.165, 1.54) is 0 Å². The Morgan fingerprint density at radius 1 is 1.36 bits per heavy atom. The van der Waals surface area contributed by atoms with Gasteiger partial charge in [0.1, 0.15) is 0 Å². The highest BCUT2D eigenvalue weighted by Gasteiger charge is 2.23. The molecule has 14 heavy (non-hydrogen) atoms.